The normalized spacial score (nSPS) is 17.2. The maximum absolute atomic E-state index is 6.26. The van der Waals surface area contributed by atoms with E-state index in [1.165, 1.54) is 60.1 Å². The van der Waals surface area contributed by atoms with Gasteiger partial charge >= 0.3 is 0 Å². The highest BCUT2D eigenvalue weighted by atomic mass is 35.5. The molecule has 2 aliphatic heterocycles. The van der Waals surface area contributed by atoms with E-state index in [0.717, 1.165) is 11.6 Å². The van der Waals surface area contributed by atoms with Crippen LogP contribution in [0, 0.1) is 0 Å². The minimum atomic E-state index is 0.813. The zero-order valence-corrected chi connectivity index (χ0v) is 14.7. The Bertz CT molecular complexity index is 698. The van der Waals surface area contributed by atoms with Gasteiger partial charge in [0.1, 0.15) is 0 Å². The third-order valence-electron chi connectivity index (χ3n) is 4.64. The van der Waals surface area contributed by atoms with Crippen LogP contribution in [0.15, 0.2) is 52.3 Å². The predicted molar refractivity (Wildman–Crippen MR) is 99.3 cm³/mol. The Hall–Kier alpha value is -1.16. The standard InChI is InChI=1S/C19H21ClN2S/c20-15-8-9-19-17(14-15)22(13-5-12-21-10-3-4-11-21)16-6-1-2-7-18(16)23-19/h1-2,6-9,14H,3-5,10-13H2. The smallest absolute Gasteiger partial charge is 0.0567 e. The van der Waals surface area contributed by atoms with Gasteiger partial charge in [0.25, 0.3) is 0 Å². The fourth-order valence-electron chi connectivity index (χ4n) is 3.50. The summed E-state index contributed by atoms with van der Waals surface area (Å²) in [6.07, 6.45) is 3.91. The van der Waals surface area contributed by atoms with Gasteiger partial charge in [-0.25, -0.2) is 0 Å². The van der Waals surface area contributed by atoms with Crippen LogP contribution in [0.3, 0.4) is 0 Å². The molecule has 23 heavy (non-hydrogen) atoms. The van der Waals surface area contributed by atoms with Gasteiger partial charge in [-0.2, -0.15) is 0 Å². The molecule has 0 unspecified atom stereocenters. The van der Waals surface area contributed by atoms with Crippen LogP contribution in [0.25, 0.3) is 0 Å². The van der Waals surface area contributed by atoms with E-state index in [4.69, 9.17) is 11.6 Å². The first-order chi connectivity index (χ1) is 11.3. The van der Waals surface area contributed by atoms with E-state index in [9.17, 15) is 0 Å². The molecule has 2 aromatic rings. The fourth-order valence-corrected chi connectivity index (χ4v) is 4.74. The van der Waals surface area contributed by atoms with Gasteiger partial charge in [-0.3, -0.25) is 0 Å². The van der Waals surface area contributed by atoms with Crippen molar-refractivity contribution in [2.24, 2.45) is 0 Å². The maximum Gasteiger partial charge on any atom is 0.0567 e. The molecule has 0 bridgehead atoms. The van der Waals surface area contributed by atoms with Crippen molar-refractivity contribution in [3.8, 4) is 0 Å². The molecule has 0 radical (unpaired) electrons. The number of halogens is 1. The lowest BCUT2D eigenvalue weighted by atomic mass is 10.2. The summed E-state index contributed by atoms with van der Waals surface area (Å²) in [4.78, 5) is 7.67. The summed E-state index contributed by atoms with van der Waals surface area (Å²) in [5.74, 6) is 0. The number of nitrogens with zero attached hydrogens (tertiary/aromatic N) is 2. The molecule has 0 atom stereocenters. The van der Waals surface area contributed by atoms with Crippen molar-refractivity contribution in [2.75, 3.05) is 31.1 Å². The second-order valence-corrected chi connectivity index (χ2v) is 7.76. The second kappa shape index (κ2) is 6.76. The van der Waals surface area contributed by atoms with Gasteiger partial charge in [0.05, 0.1) is 11.4 Å². The molecule has 2 aliphatic rings. The van der Waals surface area contributed by atoms with E-state index < -0.39 is 0 Å². The van der Waals surface area contributed by atoms with Crippen molar-refractivity contribution in [3.63, 3.8) is 0 Å². The van der Waals surface area contributed by atoms with E-state index in [2.05, 4.69) is 46.2 Å². The van der Waals surface area contributed by atoms with Crippen LogP contribution in [-0.4, -0.2) is 31.1 Å². The minimum Gasteiger partial charge on any atom is -0.340 e. The first kappa shape index (κ1) is 15.4. The van der Waals surface area contributed by atoms with Gasteiger partial charge in [-0.1, -0.05) is 35.5 Å². The molecule has 4 heteroatoms. The topological polar surface area (TPSA) is 6.48 Å². The third kappa shape index (κ3) is 3.23. The Balaban J connectivity index is 1.57. The number of benzene rings is 2. The highest BCUT2D eigenvalue weighted by Gasteiger charge is 2.23. The fraction of sp³-hybridized carbons (Fsp3) is 0.368. The summed E-state index contributed by atoms with van der Waals surface area (Å²) in [5, 5.41) is 0.813. The van der Waals surface area contributed by atoms with E-state index >= 15 is 0 Å². The van der Waals surface area contributed by atoms with Crippen LogP contribution in [-0.2, 0) is 0 Å². The molecular weight excluding hydrogens is 324 g/mol. The van der Waals surface area contributed by atoms with Crippen LogP contribution in [0.1, 0.15) is 19.3 Å². The van der Waals surface area contributed by atoms with Gasteiger partial charge in [0.15, 0.2) is 0 Å². The van der Waals surface area contributed by atoms with Crippen molar-refractivity contribution >= 4 is 34.7 Å². The third-order valence-corrected chi connectivity index (χ3v) is 6.01. The zero-order valence-electron chi connectivity index (χ0n) is 13.2. The lowest BCUT2D eigenvalue weighted by Crippen LogP contribution is -2.27. The van der Waals surface area contributed by atoms with Crippen molar-refractivity contribution in [3.05, 3.63) is 47.5 Å². The molecular formula is C19H21ClN2S. The first-order valence-electron chi connectivity index (χ1n) is 8.37. The first-order valence-corrected chi connectivity index (χ1v) is 9.57. The highest BCUT2D eigenvalue weighted by Crippen LogP contribution is 2.48. The van der Waals surface area contributed by atoms with Crippen LogP contribution in [0.5, 0.6) is 0 Å². The summed E-state index contributed by atoms with van der Waals surface area (Å²) < 4.78 is 0. The highest BCUT2D eigenvalue weighted by molar-refractivity contribution is 7.99. The number of hydrogen-bond acceptors (Lipinski definition) is 3. The quantitative estimate of drug-likeness (QED) is 0.730. The molecule has 1 fully saturated rings. The van der Waals surface area contributed by atoms with Crippen LogP contribution >= 0.6 is 23.4 Å². The Labute approximate surface area is 147 Å². The Morgan fingerprint density at radius 2 is 1.70 bits per heavy atom. The molecule has 0 aromatic heterocycles. The summed E-state index contributed by atoms with van der Waals surface area (Å²) in [6, 6.07) is 14.9. The van der Waals surface area contributed by atoms with Gasteiger partial charge in [-0.05, 0) is 69.2 Å². The number of hydrogen-bond donors (Lipinski definition) is 0. The molecule has 2 heterocycles. The maximum atomic E-state index is 6.26. The van der Waals surface area contributed by atoms with Crippen molar-refractivity contribution < 1.29 is 0 Å². The van der Waals surface area contributed by atoms with Gasteiger partial charge in [0, 0.05) is 21.4 Å². The summed E-state index contributed by atoms with van der Waals surface area (Å²) in [7, 11) is 0. The molecule has 1 saturated heterocycles. The second-order valence-electron chi connectivity index (χ2n) is 6.24. The van der Waals surface area contributed by atoms with E-state index in [1.54, 1.807) is 0 Å². The minimum absolute atomic E-state index is 0.813. The van der Waals surface area contributed by atoms with E-state index in [-0.39, 0.29) is 0 Å². The average Bonchev–Trinajstić information content (AvgIpc) is 3.08. The number of para-hydroxylation sites is 1. The Morgan fingerprint density at radius 3 is 2.57 bits per heavy atom. The molecule has 0 spiro atoms. The molecule has 0 aliphatic carbocycles. The number of fused-ring (bicyclic) bond motifs is 2. The monoisotopic (exact) mass is 344 g/mol. The largest absolute Gasteiger partial charge is 0.340 e. The molecule has 0 amide bonds. The van der Waals surface area contributed by atoms with Crippen molar-refractivity contribution in [1.82, 2.24) is 4.90 Å². The van der Waals surface area contributed by atoms with Gasteiger partial charge in [0.2, 0.25) is 0 Å². The zero-order chi connectivity index (χ0) is 15.6. The van der Waals surface area contributed by atoms with Crippen molar-refractivity contribution in [2.45, 2.75) is 29.1 Å². The van der Waals surface area contributed by atoms with E-state index in [0.29, 0.717) is 0 Å². The van der Waals surface area contributed by atoms with Crippen LogP contribution < -0.4 is 4.90 Å². The number of rotatable bonds is 4. The Kier molecular flexibility index (Phi) is 4.52. The molecule has 120 valence electrons. The number of anilines is 2. The summed E-state index contributed by atoms with van der Waals surface area (Å²) in [5.41, 5.74) is 2.57. The van der Waals surface area contributed by atoms with E-state index in [1.807, 2.05) is 17.8 Å². The van der Waals surface area contributed by atoms with Gasteiger partial charge < -0.3 is 9.80 Å². The van der Waals surface area contributed by atoms with Crippen LogP contribution in [0.4, 0.5) is 11.4 Å². The summed E-state index contributed by atoms with van der Waals surface area (Å²) in [6.45, 7) is 4.78. The average molecular weight is 345 g/mol. The Morgan fingerprint density at radius 1 is 0.913 bits per heavy atom. The van der Waals surface area contributed by atoms with Crippen LogP contribution in [0.2, 0.25) is 5.02 Å². The molecule has 0 saturated carbocycles. The molecule has 4 rings (SSSR count). The lowest BCUT2D eigenvalue weighted by Gasteiger charge is -2.33. The summed E-state index contributed by atoms with van der Waals surface area (Å²) >= 11 is 8.11. The lowest BCUT2D eigenvalue weighted by molar-refractivity contribution is 0.335. The molecule has 2 nitrogen and oxygen atoms in total. The predicted octanol–water partition coefficient (Wildman–Crippen LogP) is 5.43. The van der Waals surface area contributed by atoms with Crippen molar-refractivity contribution in [1.29, 1.82) is 0 Å². The SMILES string of the molecule is Clc1ccc2c(c1)N(CCCN1CCCC1)c1ccccc1S2. The molecule has 0 N–H and O–H groups in total. The number of likely N-dealkylation sites (tertiary alicyclic amines) is 1. The molecule has 2 aromatic carbocycles. The van der Waals surface area contributed by atoms with Gasteiger partial charge in [-0.15, -0.1) is 0 Å².